The number of nitriles is 1. The molecule has 0 aromatic carbocycles. The summed E-state index contributed by atoms with van der Waals surface area (Å²) in [5.41, 5.74) is -0.683. The van der Waals surface area contributed by atoms with E-state index < -0.39 is 10.8 Å². The highest BCUT2D eigenvalue weighted by atomic mass is 16.1. The van der Waals surface area contributed by atoms with Gasteiger partial charge in [-0.15, -0.1) is 10.2 Å². The molecule has 1 heterocycles. The van der Waals surface area contributed by atoms with Crippen LogP contribution in [-0.2, 0) is 23.2 Å². The topological polar surface area (TPSA) is 114 Å². The summed E-state index contributed by atoms with van der Waals surface area (Å²) in [6, 6.07) is 2.22. The van der Waals surface area contributed by atoms with Crippen LogP contribution in [0.4, 0.5) is 0 Å². The number of nitrogens with one attached hydrogen (secondary N) is 1. The van der Waals surface area contributed by atoms with E-state index in [1.54, 1.807) is 14.0 Å². The van der Waals surface area contributed by atoms with E-state index in [-0.39, 0.29) is 50.6 Å². The number of rotatable bonds is 14. The second-order valence-electron chi connectivity index (χ2n) is 17.1. The van der Waals surface area contributed by atoms with E-state index in [9.17, 15) is 14.9 Å². The second-order valence-corrected chi connectivity index (χ2v) is 17.1. The predicted octanol–water partition coefficient (Wildman–Crippen LogP) is 7.41. The van der Waals surface area contributed by atoms with Crippen molar-refractivity contribution in [3.8, 4) is 6.07 Å². The monoisotopic (exact) mass is 608 g/mol. The molecule has 0 amide bonds. The van der Waals surface area contributed by atoms with Crippen molar-refractivity contribution < 1.29 is 9.59 Å². The Labute approximate surface area is 267 Å². The van der Waals surface area contributed by atoms with Gasteiger partial charge in [0.15, 0.2) is 11.6 Å². The van der Waals surface area contributed by atoms with Crippen LogP contribution in [0.25, 0.3) is 0 Å². The summed E-state index contributed by atoms with van der Waals surface area (Å²) in [5, 5.41) is 26.1. The number of tetrazole rings is 1. The minimum Gasteiger partial charge on any atom is -0.309 e. The highest BCUT2D eigenvalue weighted by Gasteiger charge is 2.63. The molecule has 2 aliphatic carbocycles. The van der Waals surface area contributed by atoms with Crippen molar-refractivity contribution >= 4 is 11.6 Å². The Morgan fingerprint density at radius 1 is 1.11 bits per heavy atom. The van der Waals surface area contributed by atoms with Crippen molar-refractivity contribution in [1.29, 1.82) is 5.26 Å². The Bertz CT molecular complexity index is 1290. The SMILES string of the molecule is CCC(C)(C)CC[C@@](C)(CCC(C)(C)[C@]1(C)CC[C@H]2C(C)(C)C(=O)C(C#N)=C[C@]2(C)[C@H]1CC(C)=O)CNCc1nnn(C)n1. The maximum absolute atomic E-state index is 13.3. The van der Waals surface area contributed by atoms with Crippen LogP contribution in [0.2, 0.25) is 0 Å². The van der Waals surface area contributed by atoms with Crippen molar-refractivity contribution in [3.05, 3.63) is 17.5 Å². The number of ketones is 2. The van der Waals surface area contributed by atoms with Gasteiger partial charge in [0.05, 0.1) is 19.2 Å². The zero-order chi connectivity index (χ0) is 33.4. The number of carbonyl (C=O) groups is 2. The van der Waals surface area contributed by atoms with Gasteiger partial charge in [0.1, 0.15) is 11.9 Å². The molecule has 0 unspecified atom stereocenters. The normalized spacial score (nSPS) is 28.5. The molecule has 5 atom stereocenters. The average Bonchev–Trinajstić information content (AvgIpc) is 3.35. The first-order valence-electron chi connectivity index (χ1n) is 16.8. The van der Waals surface area contributed by atoms with Crippen LogP contribution in [0.3, 0.4) is 0 Å². The van der Waals surface area contributed by atoms with Crippen LogP contribution in [0.1, 0.15) is 133 Å². The Morgan fingerprint density at radius 3 is 2.30 bits per heavy atom. The summed E-state index contributed by atoms with van der Waals surface area (Å²) in [4.78, 5) is 27.7. The number of nitrogens with zero attached hydrogens (tertiary/aromatic N) is 5. The van der Waals surface area contributed by atoms with Gasteiger partial charge >= 0.3 is 0 Å². The Kier molecular flexibility index (Phi) is 10.5. The summed E-state index contributed by atoms with van der Waals surface area (Å²) < 4.78 is 0. The van der Waals surface area contributed by atoms with Crippen LogP contribution in [0.5, 0.6) is 0 Å². The Hall–Kier alpha value is -2.40. The highest BCUT2D eigenvalue weighted by Crippen LogP contribution is 2.68. The molecular formula is C36H60N6O2. The summed E-state index contributed by atoms with van der Waals surface area (Å²) >= 11 is 0. The van der Waals surface area contributed by atoms with Gasteiger partial charge in [0, 0.05) is 18.4 Å². The molecule has 0 bridgehead atoms. The van der Waals surface area contributed by atoms with Crippen molar-refractivity contribution in [2.75, 3.05) is 6.54 Å². The van der Waals surface area contributed by atoms with E-state index in [1.165, 1.54) is 4.80 Å². The number of hydrogen-bond donors (Lipinski definition) is 1. The molecule has 2 aliphatic rings. The molecule has 1 N–H and O–H groups in total. The van der Waals surface area contributed by atoms with Gasteiger partial charge in [-0.25, -0.2) is 0 Å². The largest absolute Gasteiger partial charge is 0.309 e. The average molecular weight is 609 g/mol. The predicted molar refractivity (Wildman–Crippen MR) is 175 cm³/mol. The summed E-state index contributed by atoms with van der Waals surface area (Å²) in [6.07, 6.45) is 9.77. The van der Waals surface area contributed by atoms with Crippen LogP contribution in [0, 0.1) is 55.7 Å². The lowest BCUT2D eigenvalue weighted by Gasteiger charge is -2.64. The van der Waals surface area contributed by atoms with Gasteiger partial charge in [-0.1, -0.05) is 81.7 Å². The van der Waals surface area contributed by atoms with Crippen molar-refractivity contribution in [2.45, 2.75) is 134 Å². The minimum atomic E-state index is -0.636. The van der Waals surface area contributed by atoms with E-state index >= 15 is 0 Å². The molecular weight excluding hydrogens is 548 g/mol. The zero-order valence-corrected chi connectivity index (χ0v) is 29.9. The fourth-order valence-electron chi connectivity index (χ4n) is 8.59. The lowest BCUT2D eigenvalue weighted by molar-refractivity contribution is -0.155. The van der Waals surface area contributed by atoms with E-state index in [0.29, 0.717) is 18.8 Å². The van der Waals surface area contributed by atoms with Gasteiger partial charge in [0.25, 0.3) is 0 Å². The van der Waals surface area contributed by atoms with Gasteiger partial charge in [-0.05, 0) is 89.6 Å². The van der Waals surface area contributed by atoms with Crippen molar-refractivity contribution in [1.82, 2.24) is 25.5 Å². The molecule has 0 saturated heterocycles. The lowest BCUT2D eigenvalue weighted by atomic mass is 9.39. The molecule has 0 aliphatic heterocycles. The molecule has 1 aromatic rings. The van der Waals surface area contributed by atoms with E-state index in [4.69, 9.17) is 0 Å². The smallest absolute Gasteiger partial charge is 0.188 e. The van der Waals surface area contributed by atoms with E-state index in [2.05, 4.69) is 82.2 Å². The summed E-state index contributed by atoms with van der Waals surface area (Å²) in [7, 11) is 1.78. The van der Waals surface area contributed by atoms with E-state index in [1.807, 2.05) is 19.9 Å². The molecule has 1 saturated carbocycles. The molecule has 8 nitrogen and oxygen atoms in total. The minimum absolute atomic E-state index is 0.0307. The number of aromatic nitrogens is 4. The number of Topliss-reactive ketones (excluding diaryl/α,β-unsaturated/α-hetero) is 2. The second kappa shape index (κ2) is 12.8. The number of allylic oxidation sites excluding steroid dienone is 2. The summed E-state index contributed by atoms with van der Waals surface area (Å²) in [5.74, 6) is 0.944. The van der Waals surface area contributed by atoms with Gasteiger partial charge in [-0.2, -0.15) is 10.1 Å². The maximum atomic E-state index is 13.3. The van der Waals surface area contributed by atoms with E-state index in [0.717, 1.165) is 51.5 Å². The third-order valence-corrected chi connectivity index (χ3v) is 12.6. The number of aryl methyl sites for hydroxylation is 1. The quantitative estimate of drug-likeness (QED) is 0.234. The molecule has 246 valence electrons. The molecule has 3 rings (SSSR count). The number of hydrogen-bond acceptors (Lipinski definition) is 7. The van der Waals surface area contributed by atoms with Crippen molar-refractivity contribution in [3.63, 3.8) is 0 Å². The van der Waals surface area contributed by atoms with Crippen LogP contribution >= 0.6 is 0 Å². The third kappa shape index (κ3) is 7.19. The Balaban J connectivity index is 1.93. The van der Waals surface area contributed by atoms with Crippen LogP contribution in [0.15, 0.2) is 11.6 Å². The summed E-state index contributed by atoms with van der Waals surface area (Å²) in [6.45, 7) is 26.0. The van der Waals surface area contributed by atoms with Gasteiger partial charge < -0.3 is 10.1 Å². The molecule has 1 aromatic heterocycles. The van der Waals surface area contributed by atoms with Crippen LogP contribution in [-0.4, -0.2) is 38.3 Å². The fraction of sp³-hybridized carbons (Fsp3) is 0.833. The highest BCUT2D eigenvalue weighted by molar-refractivity contribution is 6.04. The first kappa shape index (κ1) is 36.1. The standard InChI is InChI=1S/C36H60N6O2/c1-13-31(3,4)16-18-34(9,24-38-23-29-39-41-42(12)40-29)19-17-32(5,6)36(11)15-14-27-33(7,8)30(44)26(22-37)21-35(27,10)28(36)20-25(2)43/h21,27-28,38H,13-20,23-24H2,1-12H3/t27-,28+,34-,35-,36+/m0/s1. The lowest BCUT2D eigenvalue weighted by Crippen LogP contribution is -2.60. The third-order valence-electron chi connectivity index (χ3n) is 12.6. The van der Waals surface area contributed by atoms with Gasteiger partial charge in [0.2, 0.25) is 0 Å². The molecule has 8 heteroatoms. The number of carbonyl (C=O) groups excluding carboxylic acids is 2. The first-order valence-corrected chi connectivity index (χ1v) is 16.8. The molecule has 44 heavy (non-hydrogen) atoms. The zero-order valence-electron chi connectivity index (χ0n) is 29.9. The Morgan fingerprint density at radius 2 is 1.75 bits per heavy atom. The molecule has 1 fully saturated rings. The molecule has 0 radical (unpaired) electrons. The van der Waals surface area contributed by atoms with Crippen LogP contribution < -0.4 is 5.32 Å². The number of fused-ring (bicyclic) bond motifs is 1. The maximum Gasteiger partial charge on any atom is 0.188 e. The van der Waals surface area contributed by atoms with Gasteiger partial charge in [-0.3, -0.25) is 4.79 Å². The molecule has 0 spiro atoms. The first-order chi connectivity index (χ1) is 20.2. The fourth-order valence-corrected chi connectivity index (χ4v) is 8.59. The van der Waals surface area contributed by atoms with Crippen molar-refractivity contribution in [2.24, 2.45) is 51.4 Å².